The molecule has 2 N–H and O–H groups in total. The summed E-state index contributed by atoms with van der Waals surface area (Å²) in [5.41, 5.74) is 0.527. The van der Waals surface area contributed by atoms with Crippen molar-refractivity contribution in [3.8, 4) is 0 Å². The molecule has 1 aromatic carbocycles. The van der Waals surface area contributed by atoms with Gasteiger partial charge < -0.3 is 20.1 Å². The van der Waals surface area contributed by atoms with Crippen molar-refractivity contribution >= 4 is 23.5 Å². The van der Waals surface area contributed by atoms with Crippen molar-refractivity contribution in [3.05, 3.63) is 39.4 Å². The van der Waals surface area contributed by atoms with Crippen molar-refractivity contribution in [1.29, 1.82) is 0 Å². The largest absolute Gasteiger partial charge is 0.467 e. The molecule has 1 heterocycles. The SMILES string of the molecule is COC(=O)[C@H](O)CNC(=O)[C@@H]1CCCN1C(=O)c1ccc([N+](=O)[O-])c(C)c1. The number of nitro benzene ring substituents is 1. The molecular formula is C17H21N3O7. The van der Waals surface area contributed by atoms with Gasteiger partial charge in [-0.25, -0.2) is 4.79 Å². The smallest absolute Gasteiger partial charge is 0.336 e. The van der Waals surface area contributed by atoms with Gasteiger partial charge in [-0.05, 0) is 31.9 Å². The third kappa shape index (κ3) is 4.59. The highest BCUT2D eigenvalue weighted by Gasteiger charge is 2.35. The van der Waals surface area contributed by atoms with Crippen LogP contribution >= 0.6 is 0 Å². The van der Waals surface area contributed by atoms with Gasteiger partial charge in [0.1, 0.15) is 6.04 Å². The van der Waals surface area contributed by atoms with Crippen LogP contribution in [0.4, 0.5) is 5.69 Å². The maximum atomic E-state index is 12.7. The first kappa shape index (κ1) is 20.3. The Kier molecular flexibility index (Phi) is 6.45. The van der Waals surface area contributed by atoms with Crippen LogP contribution < -0.4 is 5.32 Å². The first-order valence-electron chi connectivity index (χ1n) is 8.36. The lowest BCUT2D eigenvalue weighted by molar-refractivity contribution is -0.385. The molecule has 1 saturated heterocycles. The average Bonchev–Trinajstić information content (AvgIpc) is 3.13. The fourth-order valence-electron chi connectivity index (χ4n) is 2.98. The number of aryl methyl sites for hydroxylation is 1. The second-order valence-corrected chi connectivity index (χ2v) is 6.20. The van der Waals surface area contributed by atoms with E-state index in [1.165, 1.54) is 30.0 Å². The van der Waals surface area contributed by atoms with Gasteiger partial charge in [0.05, 0.1) is 18.6 Å². The minimum atomic E-state index is -1.48. The monoisotopic (exact) mass is 379 g/mol. The summed E-state index contributed by atoms with van der Waals surface area (Å²) < 4.78 is 4.37. The third-order valence-corrected chi connectivity index (χ3v) is 4.40. The van der Waals surface area contributed by atoms with E-state index in [-0.39, 0.29) is 17.8 Å². The molecule has 0 bridgehead atoms. The minimum Gasteiger partial charge on any atom is -0.467 e. The lowest BCUT2D eigenvalue weighted by Gasteiger charge is -2.24. The first-order valence-corrected chi connectivity index (χ1v) is 8.36. The lowest BCUT2D eigenvalue weighted by Crippen LogP contribution is -2.48. The summed E-state index contributed by atoms with van der Waals surface area (Å²) in [7, 11) is 1.12. The lowest BCUT2D eigenvalue weighted by atomic mass is 10.1. The summed E-state index contributed by atoms with van der Waals surface area (Å²) in [5, 5.41) is 22.9. The Labute approximate surface area is 155 Å². The van der Waals surface area contributed by atoms with E-state index in [9.17, 15) is 29.6 Å². The maximum Gasteiger partial charge on any atom is 0.336 e. The fraction of sp³-hybridized carbons (Fsp3) is 0.471. The van der Waals surface area contributed by atoms with Crippen LogP contribution in [-0.4, -0.2) is 65.1 Å². The van der Waals surface area contributed by atoms with Crippen molar-refractivity contribution in [2.45, 2.75) is 31.9 Å². The van der Waals surface area contributed by atoms with E-state index in [0.29, 0.717) is 24.9 Å². The summed E-state index contributed by atoms with van der Waals surface area (Å²) in [4.78, 5) is 48.0. The molecule has 1 fully saturated rings. The van der Waals surface area contributed by atoms with E-state index >= 15 is 0 Å². The number of hydrogen-bond donors (Lipinski definition) is 2. The Morgan fingerprint density at radius 2 is 2.15 bits per heavy atom. The van der Waals surface area contributed by atoms with Crippen molar-refractivity contribution in [1.82, 2.24) is 10.2 Å². The Hall–Kier alpha value is -3.01. The number of aliphatic hydroxyl groups is 1. The topological polar surface area (TPSA) is 139 Å². The molecule has 10 heteroatoms. The number of carbonyl (C=O) groups is 3. The number of methoxy groups -OCH3 is 1. The molecule has 10 nitrogen and oxygen atoms in total. The molecule has 0 saturated carbocycles. The molecule has 2 atom stereocenters. The number of ether oxygens (including phenoxy) is 1. The number of amides is 2. The number of esters is 1. The van der Waals surface area contributed by atoms with Crippen LogP contribution in [0.1, 0.15) is 28.8 Å². The summed E-state index contributed by atoms with van der Waals surface area (Å²) in [6, 6.07) is 3.31. The molecular weight excluding hydrogens is 358 g/mol. The molecule has 146 valence electrons. The zero-order chi connectivity index (χ0) is 20.1. The summed E-state index contributed by atoms with van der Waals surface area (Å²) in [6.45, 7) is 1.59. The number of nitrogens with one attached hydrogen (secondary N) is 1. The van der Waals surface area contributed by atoms with Gasteiger partial charge in [-0.3, -0.25) is 19.7 Å². The zero-order valence-electron chi connectivity index (χ0n) is 15.0. The van der Waals surface area contributed by atoms with Gasteiger partial charge in [0.25, 0.3) is 11.6 Å². The Morgan fingerprint density at radius 3 is 2.74 bits per heavy atom. The minimum absolute atomic E-state index is 0.0842. The van der Waals surface area contributed by atoms with Gasteiger partial charge >= 0.3 is 5.97 Å². The highest BCUT2D eigenvalue weighted by molar-refractivity contribution is 5.98. The van der Waals surface area contributed by atoms with Gasteiger partial charge in [0.15, 0.2) is 6.10 Å². The zero-order valence-corrected chi connectivity index (χ0v) is 15.0. The van der Waals surface area contributed by atoms with Crippen LogP contribution in [0.5, 0.6) is 0 Å². The number of carbonyl (C=O) groups excluding carboxylic acids is 3. The molecule has 1 aliphatic heterocycles. The molecule has 1 aromatic rings. The summed E-state index contributed by atoms with van der Waals surface area (Å²) in [6.07, 6.45) is -0.422. The summed E-state index contributed by atoms with van der Waals surface area (Å²) in [5.74, 6) is -1.75. The number of rotatable bonds is 6. The normalized spacial score (nSPS) is 17.3. The number of nitro groups is 1. The number of hydrogen-bond acceptors (Lipinski definition) is 7. The van der Waals surface area contributed by atoms with Gasteiger partial charge in [-0.2, -0.15) is 0 Å². The molecule has 1 aliphatic rings. The van der Waals surface area contributed by atoms with Crippen molar-refractivity contribution < 1.29 is 29.2 Å². The van der Waals surface area contributed by atoms with Crippen LogP contribution in [-0.2, 0) is 14.3 Å². The van der Waals surface area contributed by atoms with Crippen LogP contribution in [0.2, 0.25) is 0 Å². The number of benzene rings is 1. The molecule has 2 amide bonds. The van der Waals surface area contributed by atoms with Crippen LogP contribution in [0, 0.1) is 17.0 Å². The van der Waals surface area contributed by atoms with Gasteiger partial charge in [-0.1, -0.05) is 0 Å². The Morgan fingerprint density at radius 1 is 1.44 bits per heavy atom. The average molecular weight is 379 g/mol. The molecule has 0 spiro atoms. The Bertz CT molecular complexity index is 765. The van der Waals surface area contributed by atoms with E-state index in [1.54, 1.807) is 0 Å². The van der Waals surface area contributed by atoms with Crippen molar-refractivity contribution in [3.63, 3.8) is 0 Å². The molecule has 0 aliphatic carbocycles. The van der Waals surface area contributed by atoms with Gasteiger partial charge in [0.2, 0.25) is 5.91 Å². The standard InChI is InChI=1S/C17H21N3O7/c1-10-8-11(5-6-12(10)20(25)26)16(23)19-7-3-4-13(19)15(22)18-9-14(21)17(24)27-2/h5-6,8,13-14,21H,3-4,7,9H2,1-2H3,(H,18,22)/t13-,14+/m0/s1. The van der Waals surface area contributed by atoms with E-state index < -0.39 is 34.9 Å². The first-order chi connectivity index (χ1) is 12.8. The quantitative estimate of drug-likeness (QED) is 0.408. The van der Waals surface area contributed by atoms with Crippen molar-refractivity contribution in [2.75, 3.05) is 20.2 Å². The number of nitrogens with zero attached hydrogens (tertiary/aromatic N) is 2. The predicted octanol–water partition coefficient (Wildman–Crippen LogP) is 0.158. The molecule has 0 aromatic heterocycles. The number of likely N-dealkylation sites (tertiary alicyclic amines) is 1. The molecule has 0 unspecified atom stereocenters. The van der Waals surface area contributed by atoms with Crippen LogP contribution in [0.15, 0.2) is 18.2 Å². The molecule has 27 heavy (non-hydrogen) atoms. The van der Waals surface area contributed by atoms with Gasteiger partial charge in [0, 0.05) is 23.7 Å². The second kappa shape index (κ2) is 8.58. The third-order valence-electron chi connectivity index (χ3n) is 4.40. The molecule has 0 radical (unpaired) electrons. The van der Waals surface area contributed by atoms with Crippen LogP contribution in [0.3, 0.4) is 0 Å². The fourth-order valence-corrected chi connectivity index (χ4v) is 2.98. The highest BCUT2D eigenvalue weighted by Crippen LogP contribution is 2.24. The van der Waals surface area contributed by atoms with Crippen LogP contribution in [0.25, 0.3) is 0 Å². The Balaban J connectivity index is 2.07. The van der Waals surface area contributed by atoms with Crippen molar-refractivity contribution in [2.24, 2.45) is 0 Å². The predicted molar refractivity (Wildman–Crippen MR) is 92.9 cm³/mol. The van der Waals surface area contributed by atoms with E-state index in [0.717, 1.165) is 7.11 Å². The van der Waals surface area contributed by atoms with E-state index in [4.69, 9.17) is 0 Å². The number of aliphatic hydroxyl groups excluding tert-OH is 1. The van der Waals surface area contributed by atoms with E-state index in [2.05, 4.69) is 10.1 Å². The maximum absolute atomic E-state index is 12.7. The summed E-state index contributed by atoms with van der Waals surface area (Å²) >= 11 is 0. The second-order valence-electron chi connectivity index (χ2n) is 6.20. The van der Waals surface area contributed by atoms with Gasteiger partial charge in [-0.15, -0.1) is 0 Å². The van der Waals surface area contributed by atoms with E-state index in [1.807, 2.05) is 0 Å². The highest BCUT2D eigenvalue weighted by atomic mass is 16.6. The molecule has 2 rings (SSSR count).